The number of esters is 1. The molecule has 0 aliphatic heterocycles. The minimum absolute atomic E-state index is 0.0163. The second-order valence-corrected chi connectivity index (χ2v) is 8.08. The average molecular weight is 277 g/mol. The Balaban J connectivity index is 2.67. The maximum Gasteiger partial charge on any atom is 0.321 e. The van der Waals surface area contributed by atoms with E-state index in [9.17, 15) is 13.2 Å². The fourth-order valence-corrected chi connectivity index (χ4v) is 4.35. The fraction of sp³-hybridized carbons (Fsp3) is 0.917. The molecular weight excluding hydrogens is 254 g/mol. The minimum atomic E-state index is -3.45. The normalized spacial score (nSPS) is 25.1. The van der Waals surface area contributed by atoms with Crippen molar-refractivity contribution in [1.82, 2.24) is 0 Å². The number of ether oxygens (including phenoxy) is 1. The molecule has 0 heterocycles. The summed E-state index contributed by atoms with van der Waals surface area (Å²) in [6.07, 6.45) is 2.29. The molecule has 1 aliphatic rings. The highest BCUT2D eigenvalue weighted by atomic mass is 32.2. The Morgan fingerprint density at radius 3 is 2.44 bits per heavy atom. The summed E-state index contributed by atoms with van der Waals surface area (Å²) in [6.45, 7) is 5.51. The standard InChI is InChI=1S/C12H23NO4S/c1-12(2,3)17-11(14)8-18(15,16)10-6-4-5-9(10)7-13/h9-10H,4-8,13H2,1-3H3. The first kappa shape index (κ1) is 15.4. The van der Waals surface area contributed by atoms with Crippen molar-refractivity contribution in [2.45, 2.75) is 50.9 Å². The lowest BCUT2D eigenvalue weighted by Gasteiger charge is -2.21. The number of nitrogens with two attached hydrogens (primary N) is 1. The van der Waals surface area contributed by atoms with E-state index in [1.165, 1.54) is 0 Å². The molecule has 0 radical (unpaired) electrons. The lowest BCUT2D eigenvalue weighted by atomic mass is 10.1. The fourth-order valence-electron chi connectivity index (χ4n) is 2.39. The van der Waals surface area contributed by atoms with Gasteiger partial charge in [-0.3, -0.25) is 4.79 Å². The van der Waals surface area contributed by atoms with Crippen LogP contribution in [0.5, 0.6) is 0 Å². The average Bonchev–Trinajstić information content (AvgIpc) is 2.61. The summed E-state index contributed by atoms with van der Waals surface area (Å²) in [5.74, 6) is -1.23. The number of hydrogen-bond donors (Lipinski definition) is 1. The maximum atomic E-state index is 12.1. The highest BCUT2D eigenvalue weighted by molar-refractivity contribution is 7.92. The highest BCUT2D eigenvalue weighted by Crippen LogP contribution is 2.31. The Kier molecular flexibility index (Phi) is 4.78. The van der Waals surface area contributed by atoms with Gasteiger partial charge in [0.15, 0.2) is 9.84 Å². The Morgan fingerprint density at radius 1 is 1.33 bits per heavy atom. The zero-order valence-corrected chi connectivity index (χ0v) is 12.1. The molecule has 5 nitrogen and oxygen atoms in total. The third kappa shape index (κ3) is 4.24. The predicted molar refractivity (Wildman–Crippen MR) is 69.8 cm³/mol. The molecule has 106 valence electrons. The lowest BCUT2D eigenvalue weighted by Crippen LogP contribution is -2.36. The predicted octanol–water partition coefficient (Wildman–Crippen LogP) is 0.870. The van der Waals surface area contributed by atoms with E-state index < -0.39 is 32.4 Å². The number of rotatable bonds is 4. The first-order valence-electron chi connectivity index (χ1n) is 6.29. The van der Waals surface area contributed by atoms with E-state index in [1.54, 1.807) is 20.8 Å². The quantitative estimate of drug-likeness (QED) is 0.771. The van der Waals surface area contributed by atoms with Crippen LogP contribution >= 0.6 is 0 Å². The Bertz CT molecular complexity index is 397. The van der Waals surface area contributed by atoms with Crippen LogP contribution in [0, 0.1) is 5.92 Å². The Labute approximate surface area is 109 Å². The van der Waals surface area contributed by atoms with Gasteiger partial charge in [-0.2, -0.15) is 0 Å². The van der Waals surface area contributed by atoms with Crippen molar-refractivity contribution in [2.75, 3.05) is 12.3 Å². The Morgan fingerprint density at radius 2 is 1.94 bits per heavy atom. The van der Waals surface area contributed by atoms with E-state index in [4.69, 9.17) is 10.5 Å². The molecule has 0 spiro atoms. The van der Waals surface area contributed by atoms with Crippen LogP contribution in [-0.4, -0.2) is 37.5 Å². The van der Waals surface area contributed by atoms with Crippen LogP contribution < -0.4 is 5.73 Å². The third-order valence-electron chi connectivity index (χ3n) is 3.09. The SMILES string of the molecule is CC(C)(C)OC(=O)CS(=O)(=O)C1CCCC1CN. The minimum Gasteiger partial charge on any atom is -0.459 e. The van der Waals surface area contributed by atoms with Crippen molar-refractivity contribution >= 4 is 15.8 Å². The van der Waals surface area contributed by atoms with Crippen molar-refractivity contribution in [3.63, 3.8) is 0 Å². The van der Waals surface area contributed by atoms with E-state index in [-0.39, 0.29) is 5.92 Å². The van der Waals surface area contributed by atoms with E-state index in [2.05, 4.69) is 0 Å². The van der Waals surface area contributed by atoms with Gasteiger partial charge in [-0.1, -0.05) is 6.42 Å². The van der Waals surface area contributed by atoms with Gasteiger partial charge in [0, 0.05) is 0 Å². The molecule has 0 amide bonds. The van der Waals surface area contributed by atoms with E-state index in [0.717, 1.165) is 12.8 Å². The van der Waals surface area contributed by atoms with Gasteiger partial charge in [0.05, 0.1) is 5.25 Å². The second-order valence-electron chi connectivity index (χ2n) is 5.86. The first-order chi connectivity index (χ1) is 8.15. The smallest absolute Gasteiger partial charge is 0.321 e. The molecular formula is C12H23NO4S. The Hall–Kier alpha value is -0.620. The van der Waals surface area contributed by atoms with E-state index in [1.807, 2.05) is 0 Å². The van der Waals surface area contributed by atoms with Gasteiger partial charge in [0.1, 0.15) is 11.4 Å². The molecule has 6 heteroatoms. The largest absolute Gasteiger partial charge is 0.459 e. The summed E-state index contributed by atoms with van der Waals surface area (Å²) in [7, 11) is -3.45. The summed E-state index contributed by atoms with van der Waals surface area (Å²) in [4.78, 5) is 11.6. The third-order valence-corrected chi connectivity index (χ3v) is 5.27. The molecule has 0 aromatic carbocycles. The summed E-state index contributed by atoms with van der Waals surface area (Å²) >= 11 is 0. The van der Waals surface area contributed by atoms with Crippen LogP contribution in [0.2, 0.25) is 0 Å². The maximum absolute atomic E-state index is 12.1. The molecule has 1 aliphatic carbocycles. The van der Waals surface area contributed by atoms with Crippen molar-refractivity contribution < 1.29 is 17.9 Å². The molecule has 1 fully saturated rings. The van der Waals surface area contributed by atoms with Gasteiger partial charge < -0.3 is 10.5 Å². The van der Waals surface area contributed by atoms with Gasteiger partial charge in [-0.25, -0.2) is 8.42 Å². The van der Waals surface area contributed by atoms with Crippen molar-refractivity contribution in [3.05, 3.63) is 0 Å². The van der Waals surface area contributed by atoms with Crippen molar-refractivity contribution in [2.24, 2.45) is 11.7 Å². The molecule has 0 bridgehead atoms. The van der Waals surface area contributed by atoms with Crippen LogP contribution in [-0.2, 0) is 19.4 Å². The van der Waals surface area contributed by atoms with E-state index >= 15 is 0 Å². The van der Waals surface area contributed by atoms with Crippen LogP contribution in [0.1, 0.15) is 40.0 Å². The second kappa shape index (κ2) is 5.57. The molecule has 0 saturated heterocycles. The van der Waals surface area contributed by atoms with Gasteiger partial charge in [0.25, 0.3) is 0 Å². The van der Waals surface area contributed by atoms with Crippen LogP contribution in [0.4, 0.5) is 0 Å². The highest BCUT2D eigenvalue weighted by Gasteiger charge is 2.38. The van der Waals surface area contributed by atoms with Gasteiger partial charge >= 0.3 is 5.97 Å². The summed E-state index contributed by atoms with van der Waals surface area (Å²) in [5.41, 5.74) is 4.92. The zero-order chi connectivity index (χ0) is 14.0. The lowest BCUT2D eigenvalue weighted by molar-refractivity contribution is -0.151. The molecule has 18 heavy (non-hydrogen) atoms. The van der Waals surface area contributed by atoms with Crippen LogP contribution in [0.15, 0.2) is 0 Å². The first-order valence-corrected chi connectivity index (χ1v) is 8.01. The van der Waals surface area contributed by atoms with Gasteiger partial charge in [-0.15, -0.1) is 0 Å². The van der Waals surface area contributed by atoms with Gasteiger partial charge in [0.2, 0.25) is 0 Å². The zero-order valence-electron chi connectivity index (χ0n) is 11.3. The monoisotopic (exact) mass is 277 g/mol. The van der Waals surface area contributed by atoms with E-state index in [0.29, 0.717) is 13.0 Å². The molecule has 1 rings (SSSR count). The topological polar surface area (TPSA) is 86.5 Å². The number of sulfone groups is 1. The number of carbonyl (C=O) groups excluding carboxylic acids is 1. The van der Waals surface area contributed by atoms with Crippen LogP contribution in [0.25, 0.3) is 0 Å². The van der Waals surface area contributed by atoms with Crippen molar-refractivity contribution in [3.8, 4) is 0 Å². The van der Waals surface area contributed by atoms with Crippen LogP contribution in [0.3, 0.4) is 0 Å². The molecule has 2 N–H and O–H groups in total. The molecule has 1 saturated carbocycles. The van der Waals surface area contributed by atoms with Crippen molar-refractivity contribution in [1.29, 1.82) is 0 Å². The summed E-state index contributed by atoms with van der Waals surface area (Å²) in [6, 6.07) is 0. The molecule has 2 atom stereocenters. The number of hydrogen-bond acceptors (Lipinski definition) is 5. The molecule has 0 aromatic heterocycles. The van der Waals surface area contributed by atoms with Gasteiger partial charge in [-0.05, 0) is 46.1 Å². The molecule has 0 aromatic rings. The molecule has 2 unspecified atom stereocenters. The summed E-state index contributed by atoms with van der Waals surface area (Å²) < 4.78 is 29.3. The summed E-state index contributed by atoms with van der Waals surface area (Å²) in [5, 5.41) is -0.477. The number of carbonyl (C=O) groups is 1.